The molecule has 0 saturated heterocycles. The van der Waals surface area contributed by atoms with Gasteiger partial charge in [-0.3, -0.25) is 0 Å². The van der Waals surface area contributed by atoms with Gasteiger partial charge < -0.3 is 15.6 Å². The van der Waals surface area contributed by atoms with Crippen LogP contribution >= 0.6 is 0 Å². The SMILES string of the molecule is Cc1nc2c3cc(NC(N)=O)ccc3ccc2n1C(C)(C)C. The average Bonchev–Trinajstić information content (AvgIpc) is 2.74. The Hall–Kier alpha value is -2.56. The number of fused-ring (bicyclic) bond motifs is 3. The Kier molecular flexibility index (Phi) is 3.09. The standard InChI is InChI=1S/C17H20N4O/c1-10-19-15-13-9-12(20-16(18)22)7-5-11(13)6-8-14(15)21(10)17(2,3)4/h5-9H,1-4H3,(H3,18,20,22). The van der Waals surface area contributed by atoms with Gasteiger partial charge >= 0.3 is 6.03 Å². The van der Waals surface area contributed by atoms with Gasteiger partial charge in [0.15, 0.2) is 0 Å². The lowest BCUT2D eigenvalue weighted by atomic mass is 10.1. The molecule has 0 fully saturated rings. The molecule has 0 spiro atoms. The van der Waals surface area contributed by atoms with Gasteiger partial charge in [-0.05, 0) is 51.3 Å². The Balaban J connectivity index is 2.32. The van der Waals surface area contributed by atoms with E-state index in [4.69, 9.17) is 10.7 Å². The Morgan fingerprint density at radius 3 is 2.55 bits per heavy atom. The number of aromatic nitrogens is 2. The van der Waals surface area contributed by atoms with Gasteiger partial charge in [0.25, 0.3) is 0 Å². The molecule has 0 aliphatic heterocycles. The fourth-order valence-electron chi connectivity index (χ4n) is 3.04. The highest BCUT2D eigenvalue weighted by molar-refractivity contribution is 6.06. The summed E-state index contributed by atoms with van der Waals surface area (Å²) in [5.41, 5.74) is 7.86. The third-order valence-electron chi connectivity index (χ3n) is 3.75. The number of carbonyl (C=O) groups is 1. The first-order valence-corrected chi connectivity index (χ1v) is 7.26. The van der Waals surface area contributed by atoms with E-state index in [2.05, 4.69) is 42.8 Å². The van der Waals surface area contributed by atoms with E-state index in [1.165, 1.54) is 0 Å². The molecule has 22 heavy (non-hydrogen) atoms. The maximum atomic E-state index is 11.0. The molecular weight excluding hydrogens is 276 g/mol. The second-order valence-corrected chi connectivity index (χ2v) is 6.52. The van der Waals surface area contributed by atoms with E-state index in [-0.39, 0.29) is 5.54 Å². The minimum absolute atomic E-state index is 0.0460. The third-order valence-corrected chi connectivity index (χ3v) is 3.75. The summed E-state index contributed by atoms with van der Waals surface area (Å²) in [6, 6.07) is 9.34. The maximum Gasteiger partial charge on any atom is 0.316 e. The topological polar surface area (TPSA) is 72.9 Å². The molecule has 0 atom stereocenters. The van der Waals surface area contributed by atoms with Crippen LogP contribution in [0, 0.1) is 6.92 Å². The van der Waals surface area contributed by atoms with Crippen LogP contribution in [-0.2, 0) is 5.54 Å². The highest BCUT2D eigenvalue weighted by Gasteiger charge is 2.20. The van der Waals surface area contributed by atoms with Crippen LogP contribution in [0.15, 0.2) is 30.3 Å². The molecule has 3 aromatic rings. The van der Waals surface area contributed by atoms with Gasteiger partial charge in [0, 0.05) is 16.6 Å². The molecule has 0 radical (unpaired) electrons. The van der Waals surface area contributed by atoms with Crippen molar-refractivity contribution in [1.82, 2.24) is 9.55 Å². The van der Waals surface area contributed by atoms with Gasteiger partial charge in [0.2, 0.25) is 0 Å². The lowest BCUT2D eigenvalue weighted by molar-refractivity contribution is 0.259. The van der Waals surface area contributed by atoms with Gasteiger partial charge in [-0.2, -0.15) is 0 Å². The number of amides is 2. The van der Waals surface area contributed by atoms with E-state index in [0.717, 1.165) is 27.6 Å². The lowest BCUT2D eigenvalue weighted by Gasteiger charge is -2.23. The third kappa shape index (κ3) is 2.28. The first-order valence-electron chi connectivity index (χ1n) is 7.26. The van der Waals surface area contributed by atoms with Crippen molar-refractivity contribution in [2.24, 2.45) is 5.73 Å². The molecule has 5 nitrogen and oxygen atoms in total. The van der Waals surface area contributed by atoms with Gasteiger partial charge in [-0.25, -0.2) is 9.78 Å². The van der Waals surface area contributed by atoms with Crippen LogP contribution < -0.4 is 11.1 Å². The van der Waals surface area contributed by atoms with Crippen LogP contribution in [0.3, 0.4) is 0 Å². The van der Waals surface area contributed by atoms with Gasteiger partial charge in [0.05, 0.1) is 11.0 Å². The van der Waals surface area contributed by atoms with E-state index in [0.29, 0.717) is 5.69 Å². The molecule has 3 rings (SSSR count). The zero-order valence-electron chi connectivity index (χ0n) is 13.3. The zero-order valence-corrected chi connectivity index (χ0v) is 13.3. The van der Waals surface area contributed by atoms with Crippen molar-refractivity contribution in [1.29, 1.82) is 0 Å². The van der Waals surface area contributed by atoms with E-state index in [1.807, 2.05) is 25.1 Å². The van der Waals surface area contributed by atoms with Crippen molar-refractivity contribution >= 4 is 33.5 Å². The lowest BCUT2D eigenvalue weighted by Crippen LogP contribution is -2.22. The predicted molar refractivity (Wildman–Crippen MR) is 90.2 cm³/mol. The second-order valence-electron chi connectivity index (χ2n) is 6.52. The number of nitrogens with one attached hydrogen (secondary N) is 1. The Labute approximate surface area is 129 Å². The van der Waals surface area contributed by atoms with Crippen LogP contribution in [0.5, 0.6) is 0 Å². The molecule has 0 aliphatic carbocycles. The van der Waals surface area contributed by atoms with Crippen LogP contribution in [0.25, 0.3) is 21.8 Å². The highest BCUT2D eigenvalue weighted by atomic mass is 16.2. The number of urea groups is 1. The van der Waals surface area contributed by atoms with Gasteiger partial charge in [-0.1, -0.05) is 12.1 Å². The molecule has 3 N–H and O–H groups in total. The molecule has 1 aromatic heterocycles. The molecule has 1 heterocycles. The quantitative estimate of drug-likeness (QED) is 0.718. The summed E-state index contributed by atoms with van der Waals surface area (Å²) < 4.78 is 2.23. The highest BCUT2D eigenvalue weighted by Crippen LogP contribution is 2.31. The Morgan fingerprint density at radius 1 is 1.23 bits per heavy atom. The maximum absolute atomic E-state index is 11.0. The normalized spacial score (nSPS) is 12.0. The zero-order chi connectivity index (χ0) is 16.1. The van der Waals surface area contributed by atoms with Crippen LogP contribution in [0.1, 0.15) is 26.6 Å². The first-order chi connectivity index (χ1) is 10.3. The monoisotopic (exact) mass is 296 g/mol. The number of rotatable bonds is 1. The summed E-state index contributed by atoms with van der Waals surface area (Å²) >= 11 is 0. The number of primary amides is 1. The number of aryl methyl sites for hydroxylation is 1. The van der Waals surface area contributed by atoms with Crippen molar-refractivity contribution < 1.29 is 4.79 Å². The Morgan fingerprint density at radius 2 is 1.91 bits per heavy atom. The van der Waals surface area contributed by atoms with Gasteiger partial charge in [0.1, 0.15) is 5.82 Å². The number of benzene rings is 2. The van der Waals surface area contributed by atoms with Gasteiger partial charge in [-0.15, -0.1) is 0 Å². The van der Waals surface area contributed by atoms with E-state index >= 15 is 0 Å². The first kappa shape index (κ1) is 14.4. The summed E-state index contributed by atoms with van der Waals surface area (Å²) in [4.78, 5) is 15.8. The smallest absolute Gasteiger partial charge is 0.316 e. The van der Waals surface area contributed by atoms with Crippen molar-refractivity contribution in [2.75, 3.05) is 5.32 Å². The minimum atomic E-state index is -0.567. The Bertz CT molecular complexity index is 887. The molecule has 2 amide bonds. The van der Waals surface area contributed by atoms with E-state index in [9.17, 15) is 4.79 Å². The average molecular weight is 296 g/mol. The summed E-state index contributed by atoms with van der Waals surface area (Å²) in [7, 11) is 0. The van der Waals surface area contributed by atoms with Crippen molar-refractivity contribution in [3.05, 3.63) is 36.2 Å². The second kappa shape index (κ2) is 4.73. The van der Waals surface area contributed by atoms with Crippen molar-refractivity contribution in [3.8, 4) is 0 Å². The number of hydrogen-bond acceptors (Lipinski definition) is 2. The van der Waals surface area contributed by atoms with Crippen LogP contribution in [0.2, 0.25) is 0 Å². The van der Waals surface area contributed by atoms with E-state index in [1.54, 1.807) is 0 Å². The van der Waals surface area contributed by atoms with Crippen LogP contribution in [-0.4, -0.2) is 15.6 Å². The predicted octanol–water partition coefficient (Wildman–Crippen LogP) is 3.74. The van der Waals surface area contributed by atoms with Crippen molar-refractivity contribution in [2.45, 2.75) is 33.2 Å². The molecule has 114 valence electrons. The molecule has 0 aliphatic rings. The van der Waals surface area contributed by atoms with Crippen molar-refractivity contribution in [3.63, 3.8) is 0 Å². The molecule has 0 saturated carbocycles. The number of nitrogens with zero attached hydrogens (tertiary/aromatic N) is 2. The summed E-state index contributed by atoms with van der Waals surface area (Å²) in [6.45, 7) is 8.51. The summed E-state index contributed by atoms with van der Waals surface area (Å²) in [6.07, 6.45) is 0. The fourth-order valence-corrected chi connectivity index (χ4v) is 3.04. The minimum Gasteiger partial charge on any atom is -0.351 e. The molecule has 5 heteroatoms. The fraction of sp³-hybridized carbons (Fsp3) is 0.294. The molecular formula is C17H20N4O. The number of carbonyl (C=O) groups excluding carboxylic acids is 1. The number of anilines is 1. The number of nitrogens with two attached hydrogens (primary N) is 1. The molecule has 2 aromatic carbocycles. The largest absolute Gasteiger partial charge is 0.351 e. The number of hydrogen-bond donors (Lipinski definition) is 2. The summed E-state index contributed by atoms with van der Waals surface area (Å²) in [5, 5.41) is 4.71. The number of imidazole rings is 1. The van der Waals surface area contributed by atoms with E-state index < -0.39 is 6.03 Å². The molecule has 0 unspecified atom stereocenters. The van der Waals surface area contributed by atoms with Crippen LogP contribution in [0.4, 0.5) is 10.5 Å². The summed E-state index contributed by atoms with van der Waals surface area (Å²) in [5.74, 6) is 0.975. The molecule has 0 bridgehead atoms.